The van der Waals surface area contributed by atoms with Crippen LogP contribution in [-0.2, 0) is 0 Å². The van der Waals surface area contributed by atoms with E-state index in [2.05, 4.69) is 30.6 Å². The van der Waals surface area contributed by atoms with Crippen LogP contribution in [0.3, 0.4) is 0 Å². The van der Waals surface area contributed by atoms with Crippen molar-refractivity contribution in [1.29, 1.82) is 0 Å². The average Bonchev–Trinajstić information content (AvgIpc) is 2.80. The molecule has 1 saturated heterocycles. The van der Waals surface area contributed by atoms with E-state index >= 15 is 0 Å². The van der Waals surface area contributed by atoms with Crippen LogP contribution in [-0.4, -0.2) is 42.1 Å². The number of nitrogens with zero attached hydrogens (tertiary/aromatic N) is 1. The van der Waals surface area contributed by atoms with Crippen LogP contribution in [0.4, 0.5) is 4.79 Å². The summed E-state index contributed by atoms with van der Waals surface area (Å²) in [5.41, 5.74) is 0. The number of carbonyl (C=O) groups excluding carboxylic acids is 1. The molecule has 0 saturated carbocycles. The number of carbonyl (C=O) groups is 1. The molecule has 0 radical (unpaired) electrons. The predicted octanol–water partition coefficient (Wildman–Crippen LogP) is 2.74. The van der Waals surface area contributed by atoms with Gasteiger partial charge in [-0.15, -0.1) is 0 Å². The maximum atomic E-state index is 12.1. The molecule has 1 aliphatic heterocycles. The van der Waals surface area contributed by atoms with Crippen LogP contribution in [0.15, 0.2) is 12.2 Å². The third-order valence-electron chi connectivity index (χ3n) is 4.03. The first-order valence-electron chi connectivity index (χ1n) is 6.90. The molecule has 102 valence electrons. The van der Waals surface area contributed by atoms with Crippen molar-refractivity contribution in [1.82, 2.24) is 10.2 Å². The molecular weight excluding hydrogens is 244 g/mol. The average molecular weight is 268 g/mol. The lowest BCUT2D eigenvalue weighted by atomic mass is 9.86. The molecule has 1 N–H and O–H groups in total. The van der Waals surface area contributed by atoms with E-state index in [0.29, 0.717) is 11.8 Å². The summed E-state index contributed by atoms with van der Waals surface area (Å²) in [5.74, 6) is 2.50. The first-order valence-corrected chi connectivity index (χ1v) is 8.29. The fourth-order valence-corrected chi connectivity index (χ4v) is 3.44. The summed E-state index contributed by atoms with van der Waals surface area (Å²) < 4.78 is 0. The Hall–Kier alpha value is -0.640. The Labute approximate surface area is 114 Å². The number of allylic oxidation sites excluding steroid dienone is 2. The van der Waals surface area contributed by atoms with E-state index in [1.165, 1.54) is 0 Å². The van der Waals surface area contributed by atoms with E-state index in [4.69, 9.17) is 0 Å². The summed E-state index contributed by atoms with van der Waals surface area (Å²) in [5, 5.41) is 3.12. The van der Waals surface area contributed by atoms with E-state index in [0.717, 1.165) is 38.1 Å². The Morgan fingerprint density at radius 3 is 2.56 bits per heavy atom. The van der Waals surface area contributed by atoms with Crippen LogP contribution in [0.5, 0.6) is 0 Å². The minimum Gasteiger partial charge on any atom is -0.336 e. The second kappa shape index (κ2) is 6.50. The van der Waals surface area contributed by atoms with E-state index < -0.39 is 0 Å². The maximum absolute atomic E-state index is 12.1. The van der Waals surface area contributed by atoms with Gasteiger partial charge in [0.2, 0.25) is 0 Å². The maximum Gasteiger partial charge on any atom is 0.317 e. The van der Waals surface area contributed by atoms with Gasteiger partial charge >= 0.3 is 6.03 Å². The van der Waals surface area contributed by atoms with Gasteiger partial charge in [-0.05, 0) is 50.0 Å². The summed E-state index contributed by atoms with van der Waals surface area (Å²) >= 11 is 1.83. The first kappa shape index (κ1) is 13.8. The van der Waals surface area contributed by atoms with Gasteiger partial charge in [-0.2, -0.15) is 11.8 Å². The number of rotatable bonds is 4. The molecule has 2 rings (SSSR count). The summed E-state index contributed by atoms with van der Waals surface area (Å²) in [7, 11) is 0. The Morgan fingerprint density at radius 1 is 1.39 bits per heavy atom. The van der Waals surface area contributed by atoms with Crippen molar-refractivity contribution in [2.24, 2.45) is 11.8 Å². The zero-order chi connectivity index (χ0) is 13.0. The van der Waals surface area contributed by atoms with Gasteiger partial charge < -0.3 is 10.2 Å². The van der Waals surface area contributed by atoms with Crippen molar-refractivity contribution >= 4 is 17.8 Å². The monoisotopic (exact) mass is 268 g/mol. The Kier molecular flexibility index (Phi) is 4.98. The Bertz CT molecular complexity index is 303. The SMILES string of the molecule is CSCC[C@H](C)NC(=O)N1C[C@H]2CC=CC[C@@H]2C1. The van der Waals surface area contributed by atoms with E-state index in [1.54, 1.807) is 0 Å². The van der Waals surface area contributed by atoms with Gasteiger partial charge in [0.25, 0.3) is 0 Å². The van der Waals surface area contributed by atoms with Gasteiger partial charge in [0.15, 0.2) is 0 Å². The quantitative estimate of drug-likeness (QED) is 0.795. The molecule has 0 unspecified atom stereocenters. The van der Waals surface area contributed by atoms with E-state index in [1.807, 2.05) is 16.7 Å². The lowest BCUT2D eigenvalue weighted by Gasteiger charge is -2.20. The third-order valence-corrected chi connectivity index (χ3v) is 4.68. The molecule has 0 aromatic heterocycles. The van der Waals surface area contributed by atoms with Crippen molar-refractivity contribution in [3.8, 4) is 0 Å². The molecule has 1 heterocycles. The molecular formula is C14H24N2OS. The second-order valence-corrected chi connectivity index (χ2v) is 6.49. The van der Waals surface area contributed by atoms with Crippen LogP contribution in [0.2, 0.25) is 0 Å². The van der Waals surface area contributed by atoms with Crippen molar-refractivity contribution in [3.05, 3.63) is 12.2 Å². The minimum absolute atomic E-state index is 0.137. The highest BCUT2D eigenvalue weighted by molar-refractivity contribution is 7.98. The van der Waals surface area contributed by atoms with E-state index in [9.17, 15) is 4.79 Å². The number of urea groups is 1. The molecule has 1 aliphatic carbocycles. The van der Waals surface area contributed by atoms with Crippen molar-refractivity contribution < 1.29 is 4.79 Å². The third kappa shape index (κ3) is 3.44. The number of fused-ring (bicyclic) bond motifs is 1. The lowest BCUT2D eigenvalue weighted by Crippen LogP contribution is -2.43. The Morgan fingerprint density at radius 2 is 2.00 bits per heavy atom. The summed E-state index contributed by atoms with van der Waals surface area (Å²) in [4.78, 5) is 14.2. The molecule has 3 nitrogen and oxygen atoms in total. The Balaban J connectivity index is 1.77. The number of likely N-dealkylation sites (tertiary alicyclic amines) is 1. The van der Waals surface area contributed by atoms with Crippen molar-refractivity contribution in [3.63, 3.8) is 0 Å². The normalized spacial score (nSPS) is 28.0. The largest absolute Gasteiger partial charge is 0.336 e. The highest BCUT2D eigenvalue weighted by atomic mass is 32.2. The van der Waals surface area contributed by atoms with Crippen LogP contribution in [0, 0.1) is 11.8 Å². The van der Waals surface area contributed by atoms with Crippen LogP contribution in [0.1, 0.15) is 26.2 Å². The molecule has 0 spiro atoms. The van der Waals surface area contributed by atoms with Crippen LogP contribution >= 0.6 is 11.8 Å². The number of amides is 2. The van der Waals surface area contributed by atoms with Gasteiger partial charge in [0.05, 0.1) is 0 Å². The van der Waals surface area contributed by atoms with Gasteiger partial charge in [0, 0.05) is 19.1 Å². The molecule has 0 bridgehead atoms. The van der Waals surface area contributed by atoms with Crippen LogP contribution < -0.4 is 5.32 Å². The van der Waals surface area contributed by atoms with Gasteiger partial charge in [-0.25, -0.2) is 4.79 Å². The molecule has 3 atom stereocenters. The summed E-state index contributed by atoms with van der Waals surface area (Å²) in [6.07, 6.45) is 9.99. The van der Waals surface area contributed by atoms with Gasteiger partial charge in [-0.3, -0.25) is 0 Å². The highest BCUT2D eigenvalue weighted by Crippen LogP contribution is 2.32. The fourth-order valence-electron chi connectivity index (χ4n) is 2.85. The van der Waals surface area contributed by atoms with E-state index in [-0.39, 0.29) is 12.1 Å². The fraction of sp³-hybridized carbons (Fsp3) is 0.786. The number of thioether (sulfide) groups is 1. The van der Waals surface area contributed by atoms with Crippen molar-refractivity contribution in [2.45, 2.75) is 32.2 Å². The number of hydrogen-bond donors (Lipinski definition) is 1. The second-order valence-electron chi connectivity index (χ2n) is 5.50. The minimum atomic E-state index is 0.137. The first-order chi connectivity index (χ1) is 8.70. The molecule has 2 aliphatic rings. The van der Waals surface area contributed by atoms with Crippen molar-refractivity contribution in [2.75, 3.05) is 25.1 Å². The summed E-state index contributed by atoms with van der Waals surface area (Å²) in [6.45, 7) is 3.98. The molecule has 2 amide bonds. The predicted molar refractivity (Wildman–Crippen MR) is 77.9 cm³/mol. The summed E-state index contributed by atoms with van der Waals surface area (Å²) in [6, 6.07) is 0.420. The molecule has 18 heavy (non-hydrogen) atoms. The van der Waals surface area contributed by atoms with Gasteiger partial charge in [-0.1, -0.05) is 12.2 Å². The molecule has 1 fully saturated rings. The zero-order valence-corrected chi connectivity index (χ0v) is 12.2. The number of hydrogen-bond acceptors (Lipinski definition) is 2. The zero-order valence-electron chi connectivity index (χ0n) is 11.4. The number of nitrogens with one attached hydrogen (secondary N) is 1. The molecule has 0 aromatic carbocycles. The highest BCUT2D eigenvalue weighted by Gasteiger charge is 2.35. The van der Waals surface area contributed by atoms with Crippen LogP contribution in [0.25, 0.3) is 0 Å². The lowest BCUT2D eigenvalue weighted by molar-refractivity contribution is 0.202. The molecule has 4 heteroatoms. The topological polar surface area (TPSA) is 32.3 Å². The molecule has 0 aromatic rings. The smallest absolute Gasteiger partial charge is 0.317 e. The standard InChI is InChI=1S/C14H24N2OS/c1-11(7-8-18-2)15-14(17)16-9-12-5-3-4-6-13(12)10-16/h3-4,11-13H,5-10H2,1-2H3,(H,15,17)/t11-,12+,13+/m0/s1. The van der Waals surface area contributed by atoms with Gasteiger partial charge in [0.1, 0.15) is 0 Å².